The summed E-state index contributed by atoms with van der Waals surface area (Å²) >= 11 is 0. The maximum absolute atomic E-state index is 13.7. The van der Waals surface area contributed by atoms with Gasteiger partial charge in [-0.1, -0.05) is 6.07 Å². The Labute approximate surface area is 192 Å². The second kappa shape index (κ2) is 9.30. The maximum Gasteiger partial charge on any atom is 0.417 e. The summed E-state index contributed by atoms with van der Waals surface area (Å²) in [5.74, 6) is -0.440. The maximum atomic E-state index is 13.7. The molecule has 4 rings (SSSR count). The van der Waals surface area contributed by atoms with E-state index >= 15 is 0 Å². The molecule has 4 aromatic rings. The van der Waals surface area contributed by atoms with E-state index in [-0.39, 0.29) is 33.8 Å². The first-order chi connectivity index (χ1) is 16.2. The highest BCUT2D eigenvalue weighted by Gasteiger charge is 2.34. The predicted molar refractivity (Wildman–Crippen MR) is 118 cm³/mol. The van der Waals surface area contributed by atoms with Gasteiger partial charge in [0.2, 0.25) is 0 Å². The number of benzene rings is 2. The first-order valence-electron chi connectivity index (χ1n) is 10.0. The molecule has 5 nitrogen and oxygen atoms in total. The van der Waals surface area contributed by atoms with Crippen LogP contribution in [-0.4, -0.2) is 15.9 Å². The van der Waals surface area contributed by atoms with Crippen LogP contribution in [0.3, 0.4) is 0 Å². The summed E-state index contributed by atoms with van der Waals surface area (Å²) in [6.45, 7) is 1.47. The number of hydrogen-bond acceptors (Lipinski definition) is 4. The number of alkyl halides is 3. The van der Waals surface area contributed by atoms with Crippen LogP contribution >= 0.6 is 0 Å². The Balaban J connectivity index is 1.62. The number of carbonyl (C=O) groups is 1. The van der Waals surface area contributed by atoms with Crippen molar-refractivity contribution < 1.29 is 27.1 Å². The Morgan fingerprint density at radius 2 is 1.79 bits per heavy atom. The number of anilines is 1. The molecular weight excluding hydrogens is 450 g/mol. The van der Waals surface area contributed by atoms with E-state index in [0.717, 1.165) is 6.07 Å². The lowest BCUT2D eigenvalue weighted by molar-refractivity contribution is -0.137. The van der Waals surface area contributed by atoms with Crippen molar-refractivity contribution in [3.05, 3.63) is 102 Å². The normalized spacial score (nSPS) is 11.2. The molecule has 2 aromatic heterocycles. The standard InChI is InChI=1S/C25H17F4N3O2/c1-15-19(5-2-6-22(15)26)24(33)32-23-10-7-16(13-31-23)20-12-17(8-9-21(20)25(27,28)29)34-18-4-3-11-30-14-18/h2-14H,1H3,(H,31,32,33). The van der Waals surface area contributed by atoms with E-state index in [1.54, 1.807) is 18.3 Å². The average molecular weight is 467 g/mol. The predicted octanol–water partition coefficient (Wildman–Crippen LogP) is 6.65. The fraction of sp³-hybridized carbons (Fsp3) is 0.0800. The highest BCUT2D eigenvalue weighted by molar-refractivity contribution is 6.04. The van der Waals surface area contributed by atoms with Crippen LogP contribution < -0.4 is 10.1 Å². The third-order valence-electron chi connectivity index (χ3n) is 4.99. The molecule has 0 radical (unpaired) electrons. The van der Waals surface area contributed by atoms with E-state index in [4.69, 9.17) is 4.74 Å². The Kier molecular flexibility index (Phi) is 6.27. The summed E-state index contributed by atoms with van der Waals surface area (Å²) in [6, 6.07) is 13.6. The van der Waals surface area contributed by atoms with Crippen molar-refractivity contribution >= 4 is 11.7 Å². The summed E-state index contributed by atoms with van der Waals surface area (Å²) in [4.78, 5) is 20.4. The van der Waals surface area contributed by atoms with Crippen molar-refractivity contribution in [3.63, 3.8) is 0 Å². The summed E-state index contributed by atoms with van der Waals surface area (Å²) in [5, 5.41) is 2.52. The van der Waals surface area contributed by atoms with Crippen LogP contribution in [0.2, 0.25) is 0 Å². The number of rotatable bonds is 5. The molecule has 1 N–H and O–H groups in total. The first kappa shape index (κ1) is 22.9. The van der Waals surface area contributed by atoms with E-state index in [1.807, 2.05) is 0 Å². The van der Waals surface area contributed by atoms with E-state index in [1.165, 1.54) is 61.8 Å². The van der Waals surface area contributed by atoms with Crippen molar-refractivity contribution in [3.8, 4) is 22.6 Å². The van der Waals surface area contributed by atoms with E-state index in [9.17, 15) is 22.4 Å². The van der Waals surface area contributed by atoms with Gasteiger partial charge in [0.05, 0.1) is 11.8 Å². The highest BCUT2D eigenvalue weighted by atomic mass is 19.4. The number of nitrogens with zero attached hydrogens (tertiary/aromatic N) is 2. The number of ether oxygens (including phenoxy) is 1. The fourth-order valence-corrected chi connectivity index (χ4v) is 3.28. The van der Waals surface area contributed by atoms with Gasteiger partial charge in [-0.3, -0.25) is 9.78 Å². The van der Waals surface area contributed by atoms with Crippen LogP contribution in [0.1, 0.15) is 21.5 Å². The smallest absolute Gasteiger partial charge is 0.417 e. The fourth-order valence-electron chi connectivity index (χ4n) is 3.28. The second-order valence-electron chi connectivity index (χ2n) is 7.29. The Morgan fingerprint density at radius 1 is 0.971 bits per heavy atom. The zero-order chi connectivity index (χ0) is 24.3. The van der Waals surface area contributed by atoms with E-state index in [2.05, 4.69) is 15.3 Å². The molecule has 0 aliphatic carbocycles. The molecule has 0 bridgehead atoms. The quantitative estimate of drug-likeness (QED) is 0.334. The van der Waals surface area contributed by atoms with Crippen LogP contribution in [0.4, 0.5) is 23.4 Å². The van der Waals surface area contributed by atoms with Crippen LogP contribution in [0.25, 0.3) is 11.1 Å². The zero-order valence-corrected chi connectivity index (χ0v) is 17.7. The van der Waals surface area contributed by atoms with Gasteiger partial charge in [-0.15, -0.1) is 0 Å². The molecule has 0 atom stereocenters. The molecular formula is C25H17F4N3O2. The van der Waals surface area contributed by atoms with Gasteiger partial charge >= 0.3 is 6.18 Å². The van der Waals surface area contributed by atoms with Crippen molar-refractivity contribution in [2.24, 2.45) is 0 Å². The topological polar surface area (TPSA) is 64.1 Å². The minimum atomic E-state index is -4.61. The van der Waals surface area contributed by atoms with Crippen molar-refractivity contribution in [2.45, 2.75) is 13.1 Å². The van der Waals surface area contributed by atoms with Crippen LogP contribution in [0.15, 0.2) is 79.3 Å². The molecule has 0 saturated carbocycles. The molecule has 0 unspecified atom stereocenters. The van der Waals surface area contributed by atoms with Gasteiger partial charge in [0.15, 0.2) is 0 Å². The largest absolute Gasteiger partial charge is 0.456 e. The highest BCUT2D eigenvalue weighted by Crippen LogP contribution is 2.39. The monoisotopic (exact) mass is 467 g/mol. The van der Waals surface area contributed by atoms with Gasteiger partial charge in [-0.25, -0.2) is 9.37 Å². The molecule has 172 valence electrons. The Morgan fingerprint density at radius 3 is 2.47 bits per heavy atom. The van der Waals surface area contributed by atoms with Gasteiger partial charge in [-0.05, 0) is 72.6 Å². The van der Waals surface area contributed by atoms with Crippen molar-refractivity contribution in [1.29, 1.82) is 0 Å². The molecule has 9 heteroatoms. The van der Waals surface area contributed by atoms with Crippen molar-refractivity contribution in [2.75, 3.05) is 5.32 Å². The minimum absolute atomic E-state index is 0.105. The Bertz CT molecular complexity index is 1320. The molecule has 2 aromatic carbocycles. The minimum Gasteiger partial charge on any atom is -0.456 e. The number of nitrogens with one attached hydrogen (secondary N) is 1. The van der Waals surface area contributed by atoms with E-state index in [0.29, 0.717) is 5.75 Å². The number of hydrogen-bond donors (Lipinski definition) is 1. The van der Waals surface area contributed by atoms with Gasteiger partial charge in [0.25, 0.3) is 5.91 Å². The average Bonchev–Trinajstić information content (AvgIpc) is 2.81. The lowest BCUT2D eigenvalue weighted by Crippen LogP contribution is -2.15. The van der Waals surface area contributed by atoms with Crippen LogP contribution in [0, 0.1) is 12.7 Å². The molecule has 2 heterocycles. The zero-order valence-electron chi connectivity index (χ0n) is 17.7. The molecule has 0 fully saturated rings. The molecule has 0 aliphatic heterocycles. The molecule has 0 spiro atoms. The number of pyridine rings is 2. The second-order valence-corrected chi connectivity index (χ2v) is 7.29. The number of amides is 1. The Hall–Kier alpha value is -4.27. The summed E-state index contributed by atoms with van der Waals surface area (Å²) in [5.41, 5.74) is -0.522. The van der Waals surface area contributed by atoms with Crippen LogP contribution in [-0.2, 0) is 6.18 Å². The number of carbonyl (C=O) groups excluding carboxylic acids is 1. The first-order valence-corrected chi connectivity index (χ1v) is 10.0. The SMILES string of the molecule is Cc1c(F)cccc1C(=O)Nc1ccc(-c2cc(Oc3cccnc3)ccc2C(F)(F)F)cn1. The summed E-state index contributed by atoms with van der Waals surface area (Å²) in [7, 11) is 0. The molecule has 1 amide bonds. The van der Waals surface area contributed by atoms with Crippen LogP contribution in [0.5, 0.6) is 11.5 Å². The summed E-state index contributed by atoms with van der Waals surface area (Å²) < 4.78 is 60.3. The van der Waals surface area contributed by atoms with Gasteiger partial charge in [-0.2, -0.15) is 13.2 Å². The molecule has 0 saturated heterocycles. The van der Waals surface area contributed by atoms with E-state index < -0.39 is 23.5 Å². The number of halogens is 4. The third kappa shape index (κ3) is 5.03. The van der Waals surface area contributed by atoms with Gasteiger partial charge < -0.3 is 10.1 Å². The van der Waals surface area contributed by atoms with Crippen molar-refractivity contribution in [1.82, 2.24) is 9.97 Å². The lowest BCUT2D eigenvalue weighted by atomic mass is 10.00. The molecule has 34 heavy (non-hydrogen) atoms. The summed E-state index contributed by atoms with van der Waals surface area (Å²) in [6.07, 6.45) is -0.403. The number of aromatic nitrogens is 2. The van der Waals surface area contributed by atoms with Gasteiger partial charge in [0, 0.05) is 23.5 Å². The molecule has 0 aliphatic rings. The third-order valence-corrected chi connectivity index (χ3v) is 4.99. The lowest BCUT2D eigenvalue weighted by Gasteiger charge is -2.15. The van der Waals surface area contributed by atoms with Gasteiger partial charge in [0.1, 0.15) is 23.1 Å².